The number of benzene rings is 1. The molecule has 0 radical (unpaired) electrons. The lowest BCUT2D eigenvalue weighted by atomic mass is 10.2. The van der Waals surface area contributed by atoms with Crippen LogP contribution in [0.25, 0.3) is 0 Å². The average Bonchev–Trinajstić information content (AvgIpc) is 2.28. The molecule has 1 rings (SSSR count). The van der Waals surface area contributed by atoms with E-state index in [1.165, 1.54) is 13.2 Å². The van der Waals surface area contributed by atoms with Crippen molar-refractivity contribution in [3.05, 3.63) is 36.1 Å². The summed E-state index contributed by atoms with van der Waals surface area (Å²) in [7, 11) is 1.23. The molecule has 1 aromatic carbocycles. The van der Waals surface area contributed by atoms with Crippen LogP contribution >= 0.6 is 0 Å². The van der Waals surface area contributed by atoms with Gasteiger partial charge in [-0.1, -0.05) is 6.07 Å². The number of carbonyl (C=O) groups is 1. The molecule has 0 aliphatic heterocycles. The Morgan fingerprint density at radius 2 is 2.18 bits per heavy atom. The van der Waals surface area contributed by atoms with E-state index in [1.54, 1.807) is 19.1 Å². The summed E-state index contributed by atoms with van der Waals surface area (Å²) in [6, 6.07) is 4.65. The van der Waals surface area contributed by atoms with Crippen molar-refractivity contribution < 1.29 is 23.0 Å². The van der Waals surface area contributed by atoms with Crippen molar-refractivity contribution in [1.82, 2.24) is 0 Å². The van der Waals surface area contributed by atoms with Gasteiger partial charge < -0.3 is 14.0 Å². The molecule has 1 aromatic rings. The smallest absolute Gasteiger partial charge is 0.333 e. The van der Waals surface area contributed by atoms with Crippen molar-refractivity contribution in [2.45, 2.75) is 11.8 Å². The van der Waals surface area contributed by atoms with Crippen molar-refractivity contribution in [2.24, 2.45) is 0 Å². The summed E-state index contributed by atoms with van der Waals surface area (Å²) in [5.41, 5.74) is 0.848. The van der Waals surface area contributed by atoms with Gasteiger partial charge in [-0.05, 0) is 35.7 Å². The maximum Gasteiger partial charge on any atom is 0.333 e. The Kier molecular flexibility index (Phi) is 4.86. The molecule has 0 saturated carbocycles. The molecule has 0 aliphatic rings. The van der Waals surface area contributed by atoms with Crippen molar-refractivity contribution in [1.29, 1.82) is 0 Å². The summed E-state index contributed by atoms with van der Waals surface area (Å²) < 4.78 is 31.2. The number of hydrogen-bond acceptors (Lipinski definition) is 5. The van der Waals surface area contributed by atoms with E-state index in [0.29, 0.717) is 0 Å². The molecule has 0 N–H and O–H groups in total. The Hall–Kier alpha value is -1.66. The zero-order valence-corrected chi connectivity index (χ0v) is 10.2. The maximum absolute atomic E-state index is 10.9. The number of esters is 1. The zero-order valence-electron chi connectivity index (χ0n) is 9.34. The van der Waals surface area contributed by atoms with E-state index in [-0.39, 0.29) is 10.6 Å². The summed E-state index contributed by atoms with van der Waals surface area (Å²) in [6.45, 7) is 1.80. The second-order valence-corrected chi connectivity index (χ2v) is 4.04. The van der Waals surface area contributed by atoms with Gasteiger partial charge in [0.25, 0.3) is 0 Å². The Labute approximate surface area is 101 Å². The van der Waals surface area contributed by atoms with Crippen LogP contribution in [0.15, 0.2) is 35.4 Å². The van der Waals surface area contributed by atoms with Crippen LogP contribution in [-0.2, 0) is 20.6 Å². The number of rotatable bonds is 4. The molecule has 0 fully saturated rings. The quantitative estimate of drug-likeness (QED) is 0.351. The molecule has 17 heavy (non-hydrogen) atoms. The molecule has 0 bridgehead atoms. The van der Waals surface area contributed by atoms with Crippen LogP contribution in [0, 0.1) is 6.92 Å². The molecule has 0 saturated heterocycles. The first-order valence-corrected chi connectivity index (χ1v) is 5.73. The minimum atomic E-state index is -2.39. The molecule has 5 nitrogen and oxygen atoms in total. The Bertz CT molecular complexity index is 467. The van der Waals surface area contributed by atoms with E-state index in [9.17, 15) is 13.6 Å². The molecule has 0 heterocycles. The number of aryl methyl sites for hydroxylation is 1. The average molecular weight is 255 g/mol. The molecule has 0 aliphatic carbocycles. The van der Waals surface area contributed by atoms with Crippen LogP contribution in [0.2, 0.25) is 0 Å². The highest BCUT2D eigenvalue weighted by Gasteiger charge is 2.04. The molecule has 1 unspecified atom stereocenters. The number of carbonyl (C=O) groups excluding carboxylic acids is 1. The lowest BCUT2D eigenvalue weighted by Crippen LogP contribution is -1.97. The van der Waals surface area contributed by atoms with Gasteiger partial charge in [0.05, 0.1) is 24.3 Å². The normalized spacial score (nSPS) is 12.4. The van der Waals surface area contributed by atoms with Crippen LogP contribution in [-0.4, -0.2) is 21.8 Å². The first-order chi connectivity index (χ1) is 8.04. The van der Waals surface area contributed by atoms with Gasteiger partial charge in [-0.15, -0.1) is 0 Å². The van der Waals surface area contributed by atoms with Crippen LogP contribution in [0.5, 0.6) is 5.75 Å². The zero-order chi connectivity index (χ0) is 12.8. The highest BCUT2D eigenvalue weighted by Crippen LogP contribution is 2.23. The molecular formula is C11H11O5S-. The van der Waals surface area contributed by atoms with Crippen molar-refractivity contribution >= 4 is 17.0 Å². The lowest BCUT2D eigenvalue weighted by molar-refractivity contribution is -0.134. The van der Waals surface area contributed by atoms with E-state index in [4.69, 9.17) is 4.74 Å². The van der Waals surface area contributed by atoms with Crippen molar-refractivity contribution in [2.75, 3.05) is 7.11 Å². The van der Waals surface area contributed by atoms with E-state index < -0.39 is 17.0 Å². The first kappa shape index (κ1) is 13.4. The SMILES string of the molecule is COC(=O)C=COc1cc(C)ccc1S(=O)[O-]. The fourth-order valence-electron chi connectivity index (χ4n) is 1.08. The molecule has 0 aromatic heterocycles. The van der Waals surface area contributed by atoms with Gasteiger partial charge in [0, 0.05) is 0 Å². The largest absolute Gasteiger partial charge is 0.768 e. The van der Waals surface area contributed by atoms with Crippen molar-refractivity contribution in [3.8, 4) is 5.75 Å². The van der Waals surface area contributed by atoms with Crippen molar-refractivity contribution in [3.63, 3.8) is 0 Å². The molecule has 0 amide bonds. The minimum absolute atomic E-state index is 0.0325. The molecule has 6 heteroatoms. The number of hydrogen-bond donors (Lipinski definition) is 0. The Balaban J connectivity index is 2.89. The monoisotopic (exact) mass is 255 g/mol. The summed E-state index contributed by atoms with van der Waals surface area (Å²) in [6.07, 6.45) is 2.14. The summed E-state index contributed by atoms with van der Waals surface area (Å²) >= 11 is -2.39. The molecular weight excluding hydrogens is 244 g/mol. The second kappa shape index (κ2) is 6.17. The Morgan fingerprint density at radius 1 is 1.47 bits per heavy atom. The third-order valence-electron chi connectivity index (χ3n) is 1.88. The van der Waals surface area contributed by atoms with Gasteiger partial charge in [-0.3, -0.25) is 4.21 Å². The van der Waals surface area contributed by atoms with Gasteiger partial charge in [0.1, 0.15) is 5.75 Å². The highest BCUT2D eigenvalue weighted by atomic mass is 32.2. The Morgan fingerprint density at radius 3 is 2.76 bits per heavy atom. The highest BCUT2D eigenvalue weighted by molar-refractivity contribution is 7.79. The predicted molar refractivity (Wildman–Crippen MR) is 60.1 cm³/mol. The van der Waals surface area contributed by atoms with Crippen LogP contribution in [0.3, 0.4) is 0 Å². The second-order valence-electron chi connectivity index (χ2n) is 3.13. The number of ether oxygens (including phenoxy) is 2. The first-order valence-electron chi connectivity index (χ1n) is 4.65. The van der Waals surface area contributed by atoms with Gasteiger partial charge in [0.2, 0.25) is 0 Å². The maximum atomic E-state index is 10.9. The molecule has 0 spiro atoms. The third-order valence-corrected chi connectivity index (χ3v) is 2.58. The van der Waals surface area contributed by atoms with E-state index >= 15 is 0 Å². The van der Waals surface area contributed by atoms with Gasteiger partial charge in [-0.2, -0.15) is 0 Å². The standard InChI is InChI=1S/C11H12O5S/c1-8-3-4-10(17(13)14)9(7-8)16-6-5-11(12)15-2/h3-7H,1-2H3,(H,13,14)/p-1. The summed E-state index contributed by atoms with van der Waals surface area (Å²) in [4.78, 5) is 10.8. The third kappa shape index (κ3) is 4.01. The van der Waals surface area contributed by atoms with Gasteiger partial charge in [0.15, 0.2) is 0 Å². The van der Waals surface area contributed by atoms with E-state index in [1.807, 2.05) is 0 Å². The fourth-order valence-corrected chi connectivity index (χ4v) is 1.53. The topological polar surface area (TPSA) is 75.7 Å². The van der Waals surface area contributed by atoms with Crippen LogP contribution in [0.4, 0.5) is 0 Å². The van der Waals surface area contributed by atoms with E-state index in [0.717, 1.165) is 17.9 Å². The minimum Gasteiger partial charge on any atom is -0.768 e. The molecule has 92 valence electrons. The van der Waals surface area contributed by atoms with E-state index in [2.05, 4.69) is 4.74 Å². The van der Waals surface area contributed by atoms with Gasteiger partial charge >= 0.3 is 5.97 Å². The molecule has 1 atom stereocenters. The lowest BCUT2D eigenvalue weighted by Gasteiger charge is -2.11. The summed E-state index contributed by atoms with van der Waals surface area (Å²) in [5, 5.41) is 0. The van der Waals surface area contributed by atoms with Gasteiger partial charge in [-0.25, -0.2) is 4.79 Å². The predicted octanol–water partition coefficient (Wildman–Crippen LogP) is 1.30. The summed E-state index contributed by atoms with van der Waals surface area (Å²) in [5.74, 6) is -0.416. The van der Waals surface area contributed by atoms with Crippen LogP contribution < -0.4 is 4.74 Å². The fraction of sp³-hybridized carbons (Fsp3) is 0.182. The van der Waals surface area contributed by atoms with Crippen LogP contribution in [0.1, 0.15) is 5.56 Å². The number of methoxy groups -OCH3 is 1.